The van der Waals surface area contributed by atoms with Gasteiger partial charge in [0.05, 0.1) is 35.0 Å². The summed E-state index contributed by atoms with van der Waals surface area (Å²) < 4.78 is 24.2. The van der Waals surface area contributed by atoms with Crippen LogP contribution in [0.2, 0.25) is 0 Å². The summed E-state index contributed by atoms with van der Waals surface area (Å²) in [5, 5.41) is 12.1. The molecule has 4 aromatic rings. The second-order valence-electron chi connectivity index (χ2n) is 10.8. The summed E-state index contributed by atoms with van der Waals surface area (Å²) in [4.78, 5) is 33.9. The molecule has 0 unspecified atom stereocenters. The lowest BCUT2D eigenvalue weighted by atomic mass is 9.95. The van der Waals surface area contributed by atoms with Crippen molar-refractivity contribution in [3.8, 4) is 23.0 Å². The van der Waals surface area contributed by atoms with Crippen LogP contribution >= 0.6 is 11.3 Å². The number of carbonyl (C=O) groups is 2. The molecule has 0 aliphatic carbocycles. The first-order valence-corrected chi connectivity index (χ1v) is 15.6. The van der Waals surface area contributed by atoms with Gasteiger partial charge in [-0.3, -0.25) is 14.5 Å². The molecule has 2 aliphatic rings. The Hall–Kier alpha value is -4.57. The highest BCUT2D eigenvalue weighted by molar-refractivity contribution is 7.22. The van der Waals surface area contributed by atoms with Crippen LogP contribution in [0.3, 0.4) is 0 Å². The quantitative estimate of drug-likeness (QED) is 0.0940. The predicted molar refractivity (Wildman–Crippen MR) is 169 cm³/mol. The van der Waals surface area contributed by atoms with Gasteiger partial charge < -0.3 is 24.1 Å². The molecule has 6 rings (SSSR count). The van der Waals surface area contributed by atoms with E-state index in [4.69, 9.17) is 23.9 Å². The number of aliphatic hydroxyl groups excluding tert-OH is 1. The van der Waals surface area contributed by atoms with Crippen LogP contribution in [0.1, 0.15) is 55.0 Å². The normalized spacial score (nSPS) is 17.4. The molecule has 228 valence electrons. The van der Waals surface area contributed by atoms with Crippen molar-refractivity contribution in [1.29, 1.82) is 0 Å². The average molecular weight is 615 g/mol. The van der Waals surface area contributed by atoms with Gasteiger partial charge in [0.15, 0.2) is 28.1 Å². The molecule has 1 aromatic heterocycles. The van der Waals surface area contributed by atoms with E-state index in [0.717, 1.165) is 34.2 Å². The van der Waals surface area contributed by atoms with Gasteiger partial charge in [-0.25, -0.2) is 4.98 Å². The Morgan fingerprint density at radius 1 is 1.00 bits per heavy atom. The number of carbonyl (C=O) groups excluding carboxylic acids is 2. The van der Waals surface area contributed by atoms with Crippen molar-refractivity contribution >= 4 is 44.1 Å². The number of thiazole rings is 1. The number of ether oxygens (including phenoxy) is 4. The number of anilines is 1. The first-order valence-electron chi connectivity index (χ1n) is 14.8. The van der Waals surface area contributed by atoms with E-state index in [-0.39, 0.29) is 11.3 Å². The summed E-state index contributed by atoms with van der Waals surface area (Å²) in [5.41, 5.74) is 3.65. The van der Waals surface area contributed by atoms with Gasteiger partial charge in [-0.2, -0.15) is 0 Å². The molecule has 0 radical (unpaired) electrons. The van der Waals surface area contributed by atoms with E-state index in [0.29, 0.717) is 65.7 Å². The number of rotatable bonds is 9. The molecule has 10 heteroatoms. The fourth-order valence-electron chi connectivity index (χ4n) is 5.56. The van der Waals surface area contributed by atoms with Gasteiger partial charge in [0, 0.05) is 5.56 Å². The zero-order chi connectivity index (χ0) is 31.0. The Morgan fingerprint density at radius 3 is 2.57 bits per heavy atom. The lowest BCUT2D eigenvalue weighted by Crippen LogP contribution is -2.29. The zero-order valence-corrected chi connectivity index (χ0v) is 26.0. The van der Waals surface area contributed by atoms with Gasteiger partial charge in [-0.1, -0.05) is 36.8 Å². The monoisotopic (exact) mass is 614 g/mol. The second kappa shape index (κ2) is 12.2. The number of aryl methyl sites for hydroxylation is 2. The second-order valence-corrected chi connectivity index (χ2v) is 11.8. The topological polar surface area (TPSA) is 107 Å². The summed E-state index contributed by atoms with van der Waals surface area (Å²) in [6, 6.07) is 13.4. The summed E-state index contributed by atoms with van der Waals surface area (Å²) >= 11 is 1.33. The minimum Gasteiger partial charge on any atom is -0.507 e. The molecule has 3 heterocycles. The Balaban J connectivity index is 1.53. The third-order valence-electron chi connectivity index (χ3n) is 7.62. The number of fused-ring (bicyclic) bond motifs is 2. The third-order valence-corrected chi connectivity index (χ3v) is 8.63. The van der Waals surface area contributed by atoms with Crippen LogP contribution < -0.4 is 23.8 Å². The van der Waals surface area contributed by atoms with Crippen molar-refractivity contribution in [3.05, 3.63) is 76.4 Å². The van der Waals surface area contributed by atoms with Crippen molar-refractivity contribution in [1.82, 2.24) is 4.98 Å². The molecular weight excluding hydrogens is 580 g/mol. The van der Waals surface area contributed by atoms with Gasteiger partial charge in [0.25, 0.3) is 5.78 Å². The molecule has 44 heavy (non-hydrogen) atoms. The first-order chi connectivity index (χ1) is 21.3. The maximum atomic E-state index is 13.8. The van der Waals surface area contributed by atoms with E-state index < -0.39 is 17.7 Å². The number of hydrogen-bond donors (Lipinski definition) is 1. The van der Waals surface area contributed by atoms with E-state index in [1.165, 1.54) is 16.2 Å². The molecule has 1 amide bonds. The van der Waals surface area contributed by atoms with E-state index in [1.807, 2.05) is 32.9 Å². The fraction of sp³-hybridized carbons (Fsp3) is 0.324. The van der Waals surface area contributed by atoms with Crippen LogP contribution in [0.4, 0.5) is 5.13 Å². The molecule has 0 bridgehead atoms. The Labute approximate surface area is 259 Å². The lowest BCUT2D eigenvalue weighted by Gasteiger charge is -2.24. The highest BCUT2D eigenvalue weighted by Crippen LogP contribution is 2.47. The van der Waals surface area contributed by atoms with E-state index in [2.05, 4.69) is 6.92 Å². The number of hydrogen-bond acceptors (Lipinski definition) is 9. The van der Waals surface area contributed by atoms with Gasteiger partial charge in [-0.05, 0) is 80.3 Å². The van der Waals surface area contributed by atoms with Gasteiger partial charge in [-0.15, -0.1) is 0 Å². The van der Waals surface area contributed by atoms with Crippen LogP contribution in [0.25, 0.3) is 16.0 Å². The molecule has 3 aromatic carbocycles. The minimum absolute atomic E-state index is 0.0547. The van der Waals surface area contributed by atoms with Crippen LogP contribution in [0.5, 0.6) is 23.0 Å². The summed E-state index contributed by atoms with van der Waals surface area (Å²) in [6.07, 6.45) is 1.87. The van der Waals surface area contributed by atoms with Crippen LogP contribution in [-0.4, -0.2) is 48.2 Å². The highest BCUT2D eigenvalue weighted by Gasteiger charge is 2.48. The number of Topliss-reactive ketones (excluding diaryl/α,β-unsaturated/α-hetero) is 1. The zero-order valence-electron chi connectivity index (χ0n) is 25.1. The molecule has 1 N–H and O–H groups in total. The number of amides is 1. The first kappa shape index (κ1) is 29.5. The van der Waals surface area contributed by atoms with Crippen molar-refractivity contribution in [2.75, 3.05) is 31.3 Å². The molecule has 2 aliphatic heterocycles. The van der Waals surface area contributed by atoms with Crippen molar-refractivity contribution in [2.45, 2.75) is 46.6 Å². The highest BCUT2D eigenvalue weighted by atomic mass is 32.1. The van der Waals surface area contributed by atoms with Gasteiger partial charge >= 0.3 is 5.91 Å². The van der Waals surface area contributed by atoms with Gasteiger partial charge in [0.1, 0.15) is 19.0 Å². The number of unbranched alkanes of at least 4 members (excludes halogenated alkanes) is 1. The maximum absolute atomic E-state index is 13.8. The Bertz CT molecular complexity index is 1790. The van der Waals surface area contributed by atoms with E-state index in [9.17, 15) is 14.7 Å². The van der Waals surface area contributed by atoms with Crippen molar-refractivity contribution in [3.63, 3.8) is 0 Å². The molecule has 0 saturated carbocycles. The molecule has 0 spiro atoms. The Kier molecular flexibility index (Phi) is 8.18. The number of aromatic nitrogens is 1. The molecule has 1 fully saturated rings. The molecule has 9 nitrogen and oxygen atoms in total. The maximum Gasteiger partial charge on any atom is 0.301 e. The number of nitrogens with zero attached hydrogens (tertiary/aromatic N) is 2. The number of ketones is 1. The van der Waals surface area contributed by atoms with E-state index in [1.54, 1.807) is 36.4 Å². The van der Waals surface area contributed by atoms with Crippen molar-refractivity contribution in [2.24, 2.45) is 0 Å². The fourth-order valence-corrected chi connectivity index (χ4v) is 6.73. The average Bonchev–Trinajstić information content (AvgIpc) is 3.55. The SMILES string of the molecule is CCCCOc1ccc([C@@H]2C(=C(O)c3ccc4c(c3)OCCO4)C(=O)C(=O)N2c2nc3c(C)cc(C)cc3s2)cc1OCC. The molecule has 1 saturated heterocycles. The summed E-state index contributed by atoms with van der Waals surface area (Å²) in [6.45, 7) is 9.65. The van der Waals surface area contributed by atoms with Gasteiger partial charge in [0.2, 0.25) is 0 Å². The van der Waals surface area contributed by atoms with Crippen LogP contribution in [0.15, 0.2) is 54.1 Å². The lowest BCUT2D eigenvalue weighted by molar-refractivity contribution is -0.132. The number of benzene rings is 3. The summed E-state index contributed by atoms with van der Waals surface area (Å²) in [5.74, 6) is 0.155. The molecule has 1 atom stereocenters. The van der Waals surface area contributed by atoms with Crippen LogP contribution in [0, 0.1) is 13.8 Å². The van der Waals surface area contributed by atoms with Crippen molar-refractivity contribution < 1.29 is 33.6 Å². The smallest absolute Gasteiger partial charge is 0.301 e. The third kappa shape index (κ3) is 5.34. The predicted octanol–water partition coefficient (Wildman–Crippen LogP) is 6.89. The van der Waals surface area contributed by atoms with Crippen LogP contribution in [-0.2, 0) is 9.59 Å². The summed E-state index contributed by atoms with van der Waals surface area (Å²) in [7, 11) is 0. The Morgan fingerprint density at radius 2 is 1.80 bits per heavy atom. The standard InChI is InChI=1S/C34H34N2O7S/c1-5-7-12-41-23-10-8-21(17-25(23)40-6-2)30-28(31(37)22-9-11-24-26(18-22)43-14-13-42-24)32(38)33(39)36(30)34-35-29-20(4)15-19(3)16-27(29)44-34/h8-11,15-18,30,37H,5-7,12-14H2,1-4H3/t30-/m1/s1. The number of aliphatic hydroxyl groups is 1. The largest absolute Gasteiger partial charge is 0.507 e. The molecular formula is C34H34N2O7S. The van der Waals surface area contributed by atoms with E-state index >= 15 is 0 Å². The minimum atomic E-state index is -0.978.